The molecule has 9 heteroatoms. The van der Waals surface area contributed by atoms with Crippen molar-refractivity contribution >= 4 is 28.7 Å². The molecular formula is C30H40N8O. The summed E-state index contributed by atoms with van der Waals surface area (Å²) in [5, 5.41) is 7.34. The molecule has 2 aromatic heterocycles. The van der Waals surface area contributed by atoms with Gasteiger partial charge >= 0.3 is 0 Å². The van der Waals surface area contributed by atoms with Gasteiger partial charge in [-0.15, -0.1) is 0 Å². The molecule has 0 radical (unpaired) electrons. The Morgan fingerprint density at radius 2 is 1.62 bits per heavy atom. The lowest BCUT2D eigenvalue weighted by Gasteiger charge is -2.32. The van der Waals surface area contributed by atoms with E-state index in [-0.39, 0.29) is 11.8 Å². The van der Waals surface area contributed by atoms with Crippen LogP contribution in [0.2, 0.25) is 0 Å². The van der Waals surface area contributed by atoms with E-state index in [0.29, 0.717) is 24.1 Å². The fraction of sp³-hybridized carbons (Fsp3) is 0.533. The van der Waals surface area contributed by atoms with Crippen LogP contribution in [-0.4, -0.2) is 61.4 Å². The molecule has 2 saturated carbocycles. The van der Waals surface area contributed by atoms with Crippen molar-refractivity contribution in [2.45, 2.75) is 88.4 Å². The Balaban J connectivity index is 1.15. The quantitative estimate of drug-likeness (QED) is 0.280. The van der Waals surface area contributed by atoms with E-state index in [1.54, 1.807) is 6.08 Å². The van der Waals surface area contributed by atoms with Crippen molar-refractivity contribution in [1.29, 1.82) is 0 Å². The average molecular weight is 529 g/mol. The minimum atomic E-state index is 0.0389. The number of fused-ring (bicyclic) bond motifs is 1. The van der Waals surface area contributed by atoms with Crippen LogP contribution in [0, 0.1) is 0 Å². The molecule has 9 nitrogen and oxygen atoms in total. The number of anilines is 2. The van der Waals surface area contributed by atoms with Gasteiger partial charge in [0.2, 0.25) is 5.95 Å². The van der Waals surface area contributed by atoms with Crippen LogP contribution in [0.3, 0.4) is 0 Å². The molecule has 3 fully saturated rings. The first-order chi connectivity index (χ1) is 19.1. The Morgan fingerprint density at radius 3 is 2.36 bits per heavy atom. The highest BCUT2D eigenvalue weighted by atomic mass is 16.1. The topological polar surface area (TPSA) is 114 Å². The molecule has 0 bridgehead atoms. The Kier molecular flexibility index (Phi) is 7.76. The number of hydrogen-bond acceptors (Lipinski definition) is 8. The zero-order valence-electron chi connectivity index (χ0n) is 22.6. The minimum Gasteiger partial charge on any atom is -0.377 e. The summed E-state index contributed by atoms with van der Waals surface area (Å²) in [6.45, 7) is 1.77. The van der Waals surface area contributed by atoms with Crippen LogP contribution in [0.5, 0.6) is 0 Å². The summed E-state index contributed by atoms with van der Waals surface area (Å²) in [4.78, 5) is 29.4. The number of carbonyl (C=O) groups is 1. The molecule has 0 unspecified atom stereocenters. The van der Waals surface area contributed by atoms with Gasteiger partial charge in [-0.2, -0.15) is 9.97 Å². The van der Waals surface area contributed by atoms with Crippen LogP contribution in [0.1, 0.15) is 80.6 Å². The predicted molar refractivity (Wildman–Crippen MR) is 155 cm³/mol. The summed E-state index contributed by atoms with van der Waals surface area (Å²) >= 11 is 0. The molecule has 0 amide bonds. The SMILES string of the molecule is NC1CCC(Nc2nc(NC3CCN(/C=C/C(=O)c4ccccc4)CC3)c3ncn(C4CCCC4)c3n2)CC1. The zero-order valence-corrected chi connectivity index (χ0v) is 22.6. The first kappa shape index (κ1) is 25.8. The van der Waals surface area contributed by atoms with Crippen molar-refractivity contribution in [3.05, 3.63) is 54.5 Å². The third-order valence-electron chi connectivity index (χ3n) is 8.61. The Bertz CT molecular complexity index is 1280. The highest BCUT2D eigenvalue weighted by molar-refractivity contribution is 6.04. The van der Waals surface area contributed by atoms with E-state index in [1.165, 1.54) is 25.7 Å². The smallest absolute Gasteiger partial charge is 0.227 e. The minimum absolute atomic E-state index is 0.0389. The number of allylic oxidation sites excluding steroid dienone is 1. The standard InChI is InChI=1S/C30H40N8O/c31-22-10-12-23(13-11-22)34-30-35-28(27-29(36-30)38(20-32-27)25-8-4-5-9-25)33-24-14-17-37(18-15-24)19-16-26(39)21-6-2-1-3-7-21/h1-3,6-7,16,19-20,22-25H,4-5,8-15,17-18,31H2,(H2,33,34,35,36)/b19-16+. The lowest BCUT2D eigenvalue weighted by Crippen LogP contribution is -2.36. The number of imidazole rings is 1. The first-order valence-corrected chi connectivity index (χ1v) is 14.7. The van der Waals surface area contributed by atoms with Gasteiger partial charge in [0, 0.05) is 55.1 Å². The normalized spacial score (nSPS) is 23.1. The van der Waals surface area contributed by atoms with E-state index < -0.39 is 0 Å². The Morgan fingerprint density at radius 1 is 0.897 bits per heavy atom. The Labute approximate surface area is 230 Å². The van der Waals surface area contributed by atoms with E-state index in [1.807, 2.05) is 42.9 Å². The maximum absolute atomic E-state index is 12.4. The van der Waals surface area contributed by atoms with Gasteiger partial charge < -0.3 is 25.8 Å². The number of nitrogens with zero attached hydrogens (tertiary/aromatic N) is 5. The van der Waals surface area contributed by atoms with E-state index in [2.05, 4.69) is 20.1 Å². The number of piperidine rings is 1. The van der Waals surface area contributed by atoms with E-state index >= 15 is 0 Å². The molecule has 1 aliphatic heterocycles. The molecule has 0 spiro atoms. The third-order valence-corrected chi connectivity index (χ3v) is 8.61. The highest BCUT2D eigenvalue weighted by Gasteiger charge is 2.25. The first-order valence-electron chi connectivity index (χ1n) is 14.7. The number of benzene rings is 1. The van der Waals surface area contributed by atoms with Crippen molar-refractivity contribution in [2.24, 2.45) is 5.73 Å². The molecule has 3 heterocycles. The molecule has 3 aliphatic rings. The Hall–Kier alpha value is -3.46. The summed E-state index contributed by atoms with van der Waals surface area (Å²) < 4.78 is 2.27. The molecule has 6 rings (SSSR count). The van der Waals surface area contributed by atoms with Gasteiger partial charge in [0.15, 0.2) is 22.8 Å². The van der Waals surface area contributed by atoms with Crippen LogP contribution in [-0.2, 0) is 0 Å². The average Bonchev–Trinajstić information content (AvgIpc) is 3.65. The summed E-state index contributed by atoms with van der Waals surface area (Å²) in [6, 6.07) is 10.8. The summed E-state index contributed by atoms with van der Waals surface area (Å²) in [5.74, 6) is 1.54. The fourth-order valence-electron chi connectivity index (χ4n) is 6.24. The molecule has 1 aromatic carbocycles. The molecule has 206 valence electrons. The zero-order chi connectivity index (χ0) is 26.6. The van der Waals surface area contributed by atoms with Gasteiger partial charge in [-0.3, -0.25) is 4.79 Å². The van der Waals surface area contributed by atoms with E-state index in [9.17, 15) is 4.79 Å². The third kappa shape index (κ3) is 6.08. The molecular weight excluding hydrogens is 488 g/mol. The van der Waals surface area contributed by atoms with Crippen LogP contribution >= 0.6 is 0 Å². The molecule has 39 heavy (non-hydrogen) atoms. The lowest BCUT2D eigenvalue weighted by molar-refractivity contribution is 0.104. The largest absolute Gasteiger partial charge is 0.377 e. The summed E-state index contributed by atoms with van der Waals surface area (Å²) in [5.41, 5.74) is 8.63. The number of nitrogens with two attached hydrogens (primary N) is 1. The summed E-state index contributed by atoms with van der Waals surface area (Å²) in [6.07, 6.45) is 16.6. The number of likely N-dealkylation sites (tertiary alicyclic amines) is 1. The van der Waals surface area contributed by atoms with Crippen molar-refractivity contribution < 1.29 is 4.79 Å². The number of nitrogens with one attached hydrogen (secondary N) is 2. The maximum atomic E-state index is 12.4. The second-order valence-electron chi connectivity index (χ2n) is 11.4. The number of ketones is 1. The van der Waals surface area contributed by atoms with Gasteiger partial charge in [0.1, 0.15) is 0 Å². The number of carbonyl (C=O) groups excluding carboxylic acids is 1. The number of hydrogen-bond donors (Lipinski definition) is 3. The fourth-order valence-corrected chi connectivity index (χ4v) is 6.24. The van der Waals surface area contributed by atoms with Crippen molar-refractivity contribution in [3.8, 4) is 0 Å². The molecule has 2 aliphatic carbocycles. The number of rotatable bonds is 8. The number of aromatic nitrogens is 4. The van der Waals surface area contributed by atoms with Crippen molar-refractivity contribution in [3.63, 3.8) is 0 Å². The van der Waals surface area contributed by atoms with Gasteiger partial charge in [-0.1, -0.05) is 43.2 Å². The van der Waals surface area contributed by atoms with Crippen LogP contribution in [0.15, 0.2) is 48.9 Å². The molecule has 0 atom stereocenters. The van der Waals surface area contributed by atoms with Gasteiger partial charge in [-0.25, -0.2) is 4.98 Å². The van der Waals surface area contributed by atoms with E-state index in [4.69, 9.17) is 20.7 Å². The molecule has 1 saturated heterocycles. The second-order valence-corrected chi connectivity index (χ2v) is 11.4. The van der Waals surface area contributed by atoms with Crippen LogP contribution in [0.4, 0.5) is 11.8 Å². The van der Waals surface area contributed by atoms with Crippen molar-refractivity contribution in [1.82, 2.24) is 24.4 Å². The second kappa shape index (κ2) is 11.7. The highest BCUT2D eigenvalue weighted by Crippen LogP contribution is 2.34. The van der Waals surface area contributed by atoms with Crippen LogP contribution < -0.4 is 16.4 Å². The van der Waals surface area contributed by atoms with Gasteiger partial charge in [-0.05, 0) is 51.4 Å². The van der Waals surface area contributed by atoms with Crippen LogP contribution in [0.25, 0.3) is 11.2 Å². The monoisotopic (exact) mass is 528 g/mol. The summed E-state index contributed by atoms with van der Waals surface area (Å²) in [7, 11) is 0. The lowest BCUT2D eigenvalue weighted by atomic mass is 9.92. The predicted octanol–water partition coefficient (Wildman–Crippen LogP) is 4.90. The maximum Gasteiger partial charge on any atom is 0.227 e. The van der Waals surface area contributed by atoms with Crippen molar-refractivity contribution in [2.75, 3.05) is 23.7 Å². The van der Waals surface area contributed by atoms with E-state index in [0.717, 1.165) is 74.2 Å². The van der Waals surface area contributed by atoms with Gasteiger partial charge in [0.25, 0.3) is 0 Å². The molecule has 4 N–H and O–H groups in total. The van der Waals surface area contributed by atoms with Gasteiger partial charge in [0.05, 0.1) is 6.33 Å². The molecule has 3 aromatic rings.